The Hall–Kier alpha value is -1.03. The maximum absolute atomic E-state index is 4.50. The molecule has 1 aromatic rings. The lowest BCUT2D eigenvalue weighted by Gasteiger charge is -2.29. The summed E-state index contributed by atoms with van der Waals surface area (Å²) in [6.07, 6.45) is 12.1. The highest BCUT2D eigenvalue weighted by Crippen LogP contribution is 2.31. The molecule has 4 nitrogen and oxygen atoms in total. The summed E-state index contributed by atoms with van der Waals surface area (Å²) >= 11 is 0. The summed E-state index contributed by atoms with van der Waals surface area (Å²) in [6, 6.07) is 0.683. The van der Waals surface area contributed by atoms with Gasteiger partial charge in [0.25, 0.3) is 0 Å². The lowest BCUT2D eigenvalue weighted by atomic mass is 9.97. The van der Waals surface area contributed by atoms with Crippen LogP contribution in [0.25, 0.3) is 0 Å². The van der Waals surface area contributed by atoms with Crippen LogP contribution in [0, 0.1) is 5.92 Å². The first-order valence-electron chi connectivity index (χ1n) is 7.78. The van der Waals surface area contributed by atoms with E-state index in [9.17, 15) is 0 Å². The minimum absolute atomic E-state index is 0.683. The van der Waals surface area contributed by atoms with Crippen molar-refractivity contribution in [2.75, 3.05) is 32.0 Å². The molecule has 3 rings (SSSR count). The third-order valence-corrected chi connectivity index (χ3v) is 4.77. The van der Waals surface area contributed by atoms with Crippen LogP contribution in [0.4, 0.5) is 5.95 Å². The molecule has 1 saturated heterocycles. The van der Waals surface area contributed by atoms with Crippen LogP contribution < -0.4 is 5.32 Å². The normalized spacial score (nSPS) is 23.0. The number of anilines is 1. The highest BCUT2D eigenvalue weighted by molar-refractivity contribution is 5.27. The summed E-state index contributed by atoms with van der Waals surface area (Å²) in [7, 11) is 2.22. The molecule has 1 aliphatic carbocycles. The standard InChI is InChI=1S/C15H26N4/c1-18-9-6-13(7-10-18)12-17-15-16-8-11-19(15)14-4-2-3-5-14/h8,11,13-14H,2-7,9-10,12H2,1H3,(H,16,17). The van der Waals surface area contributed by atoms with Crippen molar-refractivity contribution in [3.63, 3.8) is 0 Å². The van der Waals surface area contributed by atoms with Crippen molar-refractivity contribution in [2.45, 2.75) is 44.6 Å². The lowest BCUT2D eigenvalue weighted by Crippen LogP contribution is -2.33. The number of likely N-dealkylation sites (tertiary alicyclic amines) is 1. The molecule has 1 aliphatic heterocycles. The Morgan fingerprint density at radius 3 is 2.68 bits per heavy atom. The SMILES string of the molecule is CN1CCC(CNc2nccn2C2CCCC2)CC1. The van der Waals surface area contributed by atoms with Crippen LogP contribution in [0.1, 0.15) is 44.6 Å². The molecule has 2 heterocycles. The van der Waals surface area contributed by atoms with Crippen molar-refractivity contribution in [3.05, 3.63) is 12.4 Å². The predicted molar refractivity (Wildman–Crippen MR) is 78.4 cm³/mol. The van der Waals surface area contributed by atoms with Crippen LogP contribution in [-0.4, -0.2) is 41.1 Å². The van der Waals surface area contributed by atoms with Gasteiger partial charge in [0.2, 0.25) is 5.95 Å². The van der Waals surface area contributed by atoms with E-state index in [1.807, 2.05) is 6.20 Å². The molecule has 0 radical (unpaired) electrons. The molecule has 0 atom stereocenters. The molecule has 1 N–H and O–H groups in total. The van der Waals surface area contributed by atoms with E-state index >= 15 is 0 Å². The minimum Gasteiger partial charge on any atom is -0.355 e. The van der Waals surface area contributed by atoms with E-state index in [4.69, 9.17) is 0 Å². The molecule has 0 amide bonds. The van der Waals surface area contributed by atoms with E-state index in [1.54, 1.807) is 0 Å². The molecule has 1 aromatic heterocycles. The highest BCUT2D eigenvalue weighted by atomic mass is 15.2. The van der Waals surface area contributed by atoms with Gasteiger partial charge < -0.3 is 14.8 Å². The second-order valence-corrected chi connectivity index (χ2v) is 6.22. The molecule has 2 aliphatic rings. The van der Waals surface area contributed by atoms with Gasteiger partial charge in [-0.1, -0.05) is 12.8 Å². The zero-order chi connectivity index (χ0) is 13.1. The van der Waals surface area contributed by atoms with Crippen LogP contribution in [-0.2, 0) is 0 Å². The van der Waals surface area contributed by atoms with Crippen molar-refractivity contribution >= 4 is 5.95 Å². The molecule has 2 fully saturated rings. The fraction of sp³-hybridized carbons (Fsp3) is 0.800. The van der Waals surface area contributed by atoms with Crippen LogP contribution >= 0.6 is 0 Å². The van der Waals surface area contributed by atoms with E-state index in [2.05, 4.69) is 33.0 Å². The number of hydrogen-bond donors (Lipinski definition) is 1. The average molecular weight is 262 g/mol. The van der Waals surface area contributed by atoms with Gasteiger partial charge in [-0.05, 0) is 51.7 Å². The second kappa shape index (κ2) is 5.95. The summed E-state index contributed by atoms with van der Waals surface area (Å²) in [5, 5.41) is 3.59. The molecule has 0 bridgehead atoms. The third kappa shape index (κ3) is 3.11. The summed E-state index contributed by atoms with van der Waals surface area (Å²) in [5.41, 5.74) is 0. The number of nitrogens with zero attached hydrogens (tertiary/aromatic N) is 3. The van der Waals surface area contributed by atoms with Gasteiger partial charge >= 0.3 is 0 Å². The maximum atomic E-state index is 4.50. The number of hydrogen-bond acceptors (Lipinski definition) is 3. The average Bonchev–Trinajstić information content (AvgIpc) is 3.08. The molecule has 0 spiro atoms. The monoisotopic (exact) mass is 262 g/mol. The van der Waals surface area contributed by atoms with Gasteiger partial charge in [0, 0.05) is 25.0 Å². The van der Waals surface area contributed by atoms with Crippen molar-refractivity contribution in [1.82, 2.24) is 14.5 Å². The Morgan fingerprint density at radius 2 is 1.95 bits per heavy atom. The van der Waals surface area contributed by atoms with Gasteiger partial charge in [0.1, 0.15) is 0 Å². The van der Waals surface area contributed by atoms with E-state index in [0.717, 1.165) is 18.4 Å². The molecule has 0 unspecified atom stereocenters. The molecule has 0 aromatic carbocycles. The van der Waals surface area contributed by atoms with Crippen LogP contribution in [0.2, 0.25) is 0 Å². The number of imidazole rings is 1. The Bertz CT molecular complexity index is 387. The van der Waals surface area contributed by atoms with Gasteiger partial charge in [-0.15, -0.1) is 0 Å². The number of aromatic nitrogens is 2. The van der Waals surface area contributed by atoms with Gasteiger partial charge in [0.15, 0.2) is 0 Å². The van der Waals surface area contributed by atoms with Gasteiger partial charge in [-0.2, -0.15) is 0 Å². The van der Waals surface area contributed by atoms with Gasteiger partial charge in [-0.25, -0.2) is 4.98 Å². The first kappa shape index (κ1) is 13.0. The van der Waals surface area contributed by atoms with Gasteiger partial charge in [0.05, 0.1) is 0 Å². The highest BCUT2D eigenvalue weighted by Gasteiger charge is 2.20. The first-order valence-corrected chi connectivity index (χ1v) is 7.78. The molecule has 1 saturated carbocycles. The first-order chi connectivity index (χ1) is 9.33. The van der Waals surface area contributed by atoms with E-state index < -0.39 is 0 Å². The van der Waals surface area contributed by atoms with E-state index in [-0.39, 0.29) is 0 Å². The lowest BCUT2D eigenvalue weighted by molar-refractivity contribution is 0.226. The fourth-order valence-corrected chi connectivity index (χ4v) is 3.43. The Labute approximate surface area is 116 Å². The van der Waals surface area contributed by atoms with Crippen molar-refractivity contribution < 1.29 is 0 Å². The summed E-state index contributed by atoms with van der Waals surface area (Å²) in [5.74, 6) is 1.90. The summed E-state index contributed by atoms with van der Waals surface area (Å²) < 4.78 is 2.36. The smallest absolute Gasteiger partial charge is 0.203 e. The Balaban J connectivity index is 1.54. The third-order valence-electron chi connectivity index (χ3n) is 4.77. The quantitative estimate of drug-likeness (QED) is 0.905. The fourth-order valence-electron chi connectivity index (χ4n) is 3.43. The zero-order valence-electron chi connectivity index (χ0n) is 12.0. The van der Waals surface area contributed by atoms with Crippen molar-refractivity contribution in [1.29, 1.82) is 0 Å². The second-order valence-electron chi connectivity index (χ2n) is 6.22. The minimum atomic E-state index is 0.683. The van der Waals surface area contributed by atoms with Crippen molar-refractivity contribution in [2.24, 2.45) is 5.92 Å². The van der Waals surface area contributed by atoms with Crippen LogP contribution in [0.5, 0.6) is 0 Å². The predicted octanol–water partition coefficient (Wildman–Crippen LogP) is 2.75. The van der Waals surface area contributed by atoms with Crippen molar-refractivity contribution in [3.8, 4) is 0 Å². The molecular weight excluding hydrogens is 236 g/mol. The summed E-state index contributed by atoms with van der Waals surface area (Å²) in [6.45, 7) is 3.56. The Morgan fingerprint density at radius 1 is 1.21 bits per heavy atom. The summed E-state index contributed by atoms with van der Waals surface area (Å²) in [4.78, 5) is 6.93. The van der Waals surface area contributed by atoms with Crippen LogP contribution in [0.3, 0.4) is 0 Å². The molecule has 19 heavy (non-hydrogen) atoms. The molecule has 106 valence electrons. The largest absolute Gasteiger partial charge is 0.355 e. The van der Waals surface area contributed by atoms with E-state index in [1.165, 1.54) is 51.6 Å². The van der Waals surface area contributed by atoms with E-state index in [0.29, 0.717) is 6.04 Å². The maximum Gasteiger partial charge on any atom is 0.203 e. The zero-order valence-corrected chi connectivity index (χ0v) is 12.0. The van der Waals surface area contributed by atoms with Gasteiger partial charge in [-0.3, -0.25) is 0 Å². The number of nitrogens with one attached hydrogen (secondary N) is 1. The molecule has 4 heteroatoms. The Kier molecular flexibility index (Phi) is 4.06. The van der Waals surface area contributed by atoms with Crippen LogP contribution in [0.15, 0.2) is 12.4 Å². The molecular formula is C15H26N4. The number of piperidine rings is 1. The number of rotatable bonds is 4. The topological polar surface area (TPSA) is 33.1 Å².